The highest BCUT2D eigenvalue weighted by molar-refractivity contribution is 5.74. The summed E-state index contributed by atoms with van der Waals surface area (Å²) in [5.41, 5.74) is 0. The second-order valence-corrected chi connectivity index (χ2v) is 5.45. The monoisotopic (exact) mass is 269 g/mol. The quantitative estimate of drug-likeness (QED) is 0.840. The molecule has 2 saturated heterocycles. The maximum Gasteiger partial charge on any atom is 0.317 e. The van der Waals surface area contributed by atoms with Gasteiger partial charge < -0.3 is 15.0 Å². The number of hydrogen-bond acceptors (Lipinski definition) is 3. The zero-order valence-electron chi connectivity index (χ0n) is 12.1. The van der Waals surface area contributed by atoms with Gasteiger partial charge in [0.2, 0.25) is 0 Å². The fourth-order valence-corrected chi connectivity index (χ4v) is 2.97. The minimum absolute atomic E-state index is 0.114. The second-order valence-electron chi connectivity index (χ2n) is 5.45. The Morgan fingerprint density at radius 1 is 1.21 bits per heavy atom. The topological polar surface area (TPSA) is 44.8 Å². The molecular weight excluding hydrogens is 242 g/mol. The molecule has 0 aliphatic carbocycles. The molecular formula is C14H27N3O2. The Bertz CT molecular complexity index is 280. The lowest BCUT2D eigenvalue weighted by molar-refractivity contribution is 0.0261. The summed E-state index contributed by atoms with van der Waals surface area (Å²) in [4.78, 5) is 16.7. The van der Waals surface area contributed by atoms with Crippen LogP contribution < -0.4 is 5.32 Å². The summed E-state index contributed by atoms with van der Waals surface area (Å²) < 4.78 is 5.39. The summed E-state index contributed by atoms with van der Waals surface area (Å²) >= 11 is 0. The molecule has 19 heavy (non-hydrogen) atoms. The third-order valence-electron chi connectivity index (χ3n) is 4.04. The number of ether oxygens (including phenoxy) is 1. The van der Waals surface area contributed by atoms with Crippen molar-refractivity contribution in [3.63, 3.8) is 0 Å². The molecule has 5 nitrogen and oxygen atoms in total. The van der Waals surface area contributed by atoms with Crippen LogP contribution in [0.15, 0.2) is 0 Å². The summed E-state index contributed by atoms with van der Waals surface area (Å²) in [7, 11) is 0. The zero-order chi connectivity index (χ0) is 13.5. The minimum Gasteiger partial charge on any atom is -0.379 e. The van der Waals surface area contributed by atoms with E-state index in [1.807, 2.05) is 6.92 Å². The Balaban J connectivity index is 1.93. The third-order valence-corrected chi connectivity index (χ3v) is 4.04. The third kappa shape index (κ3) is 4.35. The van der Waals surface area contributed by atoms with Crippen molar-refractivity contribution in [2.24, 2.45) is 0 Å². The van der Waals surface area contributed by atoms with E-state index < -0.39 is 0 Å². The summed E-state index contributed by atoms with van der Waals surface area (Å²) in [6.07, 6.45) is 4.76. The SMILES string of the molecule is CCNC(=O)N1CCCCCC1CN1CCOCC1. The summed E-state index contributed by atoms with van der Waals surface area (Å²) in [6, 6.07) is 0.481. The normalized spacial score (nSPS) is 25.9. The summed E-state index contributed by atoms with van der Waals surface area (Å²) in [5, 5.41) is 2.95. The van der Waals surface area contributed by atoms with E-state index in [0.717, 1.165) is 52.2 Å². The molecule has 1 atom stereocenters. The Morgan fingerprint density at radius 2 is 2.00 bits per heavy atom. The van der Waals surface area contributed by atoms with Crippen molar-refractivity contribution in [2.75, 3.05) is 45.9 Å². The van der Waals surface area contributed by atoms with Crippen LogP contribution in [-0.4, -0.2) is 67.8 Å². The molecule has 2 aliphatic rings. The molecule has 2 amide bonds. The molecule has 2 fully saturated rings. The van der Waals surface area contributed by atoms with E-state index in [2.05, 4.69) is 15.1 Å². The molecule has 0 aromatic rings. The molecule has 0 saturated carbocycles. The van der Waals surface area contributed by atoms with Crippen molar-refractivity contribution < 1.29 is 9.53 Å². The first-order chi connectivity index (χ1) is 9.31. The van der Waals surface area contributed by atoms with Gasteiger partial charge in [0.1, 0.15) is 0 Å². The maximum absolute atomic E-state index is 12.2. The summed E-state index contributed by atoms with van der Waals surface area (Å²) in [5.74, 6) is 0. The standard InChI is InChI=1S/C14H27N3O2/c1-2-15-14(18)17-7-5-3-4-6-13(17)12-16-8-10-19-11-9-16/h13H,2-12H2,1H3,(H,15,18). The van der Waals surface area contributed by atoms with Gasteiger partial charge in [-0.3, -0.25) is 4.90 Å². The lowest BCUT2D eigenvalue weighted by Gasteiger charge is -2.35. The Labute approximate surface area is 116 Å². The smallest absolute Gasteiger partial charge is 0.317 e. The number of nitrogens with one attached hydrogen (secondary N) is 1. The van der Waals surface area contributed by atoms with Crippen LogP contribution in [0.3, 0.4) is 0 Å². The van der Waals surface area contributed by atoms with Gasteiger partial charge in [0.05, 0.1) is 13.2 Å². The number of nitrogens with zero attached hydrogens (tertiary/aromatic N) is 2. The van der Waals surface area contributed by atoms with Crippen molar-refractivity contribution in [3.8, 4) is 0 Å². The van der Waals surface area contributed by atoms with Crippen LogP contribution in [0, 0.1) is 0 Å². The molecule has 2 heterocycles. The average molecular weight is 269 g/mol. The molecule has 0 aromatic carbocycles. The fourth-order valence-electron chi connectivity index (χ4n) is 2.97. The van der Waals surface area contributed by atoms with Gasteiger partial charge in [-0.1, -0.05) is 12.8 Å². The molecule has 0 aromatic heterocycles. The Morgan fingerprint density at radius 3 is 2.74 bits per heavy atom. The highest BCUT2D eigenvalue weighted by Gasteiger charge is 2.27. The van der Waals surface area contributed by atoms with Crippen molar-refractivity contribution in [3.05, 3.63) is 0 Å². The number of amides is 2. The van der Waals surface area contributed by atoms with E-state index in [1.165, 1.54) is 12.8 Å². The highest BCUT2D eigenvalue weighted by atomic mass is 16.5. The van der Waals surface area contributed by atoms with Gasteiger partial charge in [0.15, 0.2) is 0 Å². The Hall–Kier alpha value is -0.810. The van der Waals surface area contributed by atoms with Crippen LogP contribution in [0.1, 0.15) is 32.6 Å². The van der Waals surface area contributed by atoms with Crippen LogP contribution in [0.4, 0.5) is 4.79 Å². The molecule has 0 bridgehead atoms. The van der Waals surface area contributed by atoms with Gasteiger partial charge in [0.25, 0.3) is 0 Å². The van der Waals surface area contributed by atoms with Crippen molar-refractivity contribution in [1.29, 1.82) is 0 Å². The zero-order valence-corrected chi connectivity index (χ0v) is 12.1. The minimum atomic E-state index is 0.114. The largest absolute Gasteiger partial charge is 0.379 e. The molecule has 110 valence electrons. The fraction of sp³-hybridized carbons (Fsp3) is 0.929. The van der Waals surface area contributed by atoms with Crippen molar-refractivity contribution in [1.82, 2.24) is 15.1 Å². The van der Waals surface area contributed by atoms with Crippen LogP contribution in [0.25, 0.3) is 0 Å². The van der Waals surface area contributed by atoms with Gasteiger partial charge >= 0.3 is 6.03 Å². The number of urea groups is 1. The first-order valence-corrected chi connectivity index (χ1v) is 7.66. The second kappa shape index (κ2) is 7.70. The number of morpholine rings is 1. The maximum atomic E-state index is 12.2. The number of hydrogen-bond donors (Lipinski definition) is 1. The van der Waals surface area contributed by atoms with Gasteiger partial charge in [0, 0.05) is 38.8 Å². The molecule has 0 radical (unpaired) electrons. The first kappa shape index (κ1) is 14.6. The lowest BCUT2D eigenvalue weighted by atomic mass is 10.1. The molecule has 1 N–H and O–H groups in total. The van der Waals surface area contributed by atoms with E-state index in [0.29, 0.717) is 12.6 Å². The summed E-state index contributed by atoms with van der Waals surface area (Å²) in [6.45, 7) is 8.24. The van der Waals surface area contributed by atoms with Crippen LogP contribution in [0.5, 0.6) is 0 Å². The number of carbonyl (C=O) groups excluding carboxylic acids is 1. The van der Waals surface area contributed by atoms with Gasteiger partial charge in [-0.25, -0.2) is 4.79 Å². The van der Waals surface area contributed by atoms with E-state index in [9.17, 15) is 4.79 Å². The van der Waals surface area contributed by atoms with Gasteiger partial charge in [-0.2, -0.15) is 0 Å². The van der Waals surface area contributed by atoms with Crippen LogP contribution >= 0.6 is 0 Å². The highest BCUT2D eigenvalue weighted by Crippen LogP contribution is 2.18. The van der Waals surface area contributed by atoms with Crippen LogP contribution in [-0.2, 0) is 4.74 Å². The van der Waals surface area contributed by atoms with Crippen molar-refractivity contribution in [2.45, 2.75) is 38.6 Å². The van der Waals surface area contributed by atoms with Crippen molar-refractivity contribution >= 4 is 6.03 Å². The molecule has 2 aliphatic heterocycles. The van der Waals surface area contributed by atoms with E-state index in [4.69, 9.17) is 4.74 Å². The van der Waals surface area contributed by atoms with Gasteiger partial charge in [-0.05, 0) is 19.8 Å². The first-order valence-electron chi connectivity index (χ1n) is 7.66. The molecule has 5 heteroatoms. The predicted octanol–water partition coefficient (Wildman–Crippen LogP) is 1.29. The number of likely N-dealkylation sites (tertiary alicyclic amines) is 1. The molecule has 0 spiro atoms. The van der Waals surface area contributed by atoms with Gasteiger partial charge in [-0.15, -0.1) is 0 Å². The number of rotatable bonds is 3. The van der Waals surface area contributed by atoms with E-state index >= 15 is 0 Å². The lowest BCUT2D eigenvalue weighted by Crippen LogP contribution is -2.51. The van der Waals surface area contributed by atoms with E-state index in [-0.39, 0.29) is 6.03 Å². The Kier molecular flexibility index (Phi) is 5.92. The van der Waals surface area contributed by atoms with Crippen LogP contribution in [0.2, 0.25) is 0 Å². The van der Waals surface area contributed by atoms with E-state index in [1.54, 1.807) is 0 Å². The average Bonchev–Trinajstić information content (AvgIpc) is 2.66. The predicted molar refractivity (Wildman–Crippen MR) is 75.3 cm³/mol. The molecule has 1 unspecified atom stereocenters. The molecule has 2 rings (SSSR count). The number of carbonyl (C=O) groups is 1.